The van der Waals surface area contributed by atoms with Crippen molar-refractivity contribution in [2.75, 3.05) is 0 Å². The third-order valence-corrected chi connectivity index (χ3v) is 3.15. The largest absolute Gasteiger partial charge is 0.478 e. The Morgan fingerprint density at radius 3 is 2.84 bits per heavy atom. The van der Waals surface area contributed by atoms with Gasteiger partial charge < -0.3 is 10.1 Å². The van der Waals surface area contributed by atoms with Crippen molar-refractivity contribution in [3.05, 3.63) is 23.7 Å². The Balaban J connectivity index is 1.99. The van der Waals surface area contributed by atoms with Crippen molar-refractivity contribution in [3.63, 3.8) is 0 Å². The van der Waals surface area contributed by atoms with E-state index in [-0.39, 0.29) is 5.56 Å². The SMILES string of the molecule is CCCCCCCc1nc2ncc(C(=O)O)cc2[nH]1. The van der Waals surface area contributed by atoms with Gasteiger partial charge in [-0.25, -0.2) is 14.8 Å². The Morgan fingerprint density at radius 1 is 1.32 bits per heavy atom. The molecule has 0 atom stereocenters. The summed E-state index contributed by atoms with van der Waals surface area (Å²) in [6.45, 7) is 2.20. The fourth-order valence-corrected chi connectivity index (χ4v) is 2.08. The van der Waals surface area contributed by atoms with Crippen LogP contribution in [0.15, 0.2) is 12.3 Å². The van der Waals surface area contributed by atoms with Crippen LogP contribution >= 0.6 is 0 Å². The van der Waals surface area contributed by atoms with Crippen molar-refractivity contribution < 1.29 is 9.90 Å². The number of aromatic amines is 1. The average molecular weight is 261 g/mol. The third kappa shape index (κ3) is 3.53. The lowest BCUT2D eigenvalue weighted by molar-refractivity contribution is 0.0696. The number of pyridine rings is 1. The Kier molecular flexibility index (Phi) is 4.49. The van der Waals surface area contributed by atoms with E-state index < -0.39 is 5.97 Å². The van der Waals surface area contributed by atoms with E-state index >= 15 is 0 Å². The molecule has 0 aliphatic carbocycles. The van der Waals surface area contributed by atoms with E-state index in [0.29, 0.717) is 11.2 Å². The van der Waals surface area contributed by atoms with Crippen molar-refractivity contribution >= 4 is 17.1 Å². The first-order valence-electron chi connectivity index (χ1n) is 6.78. The zero-order valence-corrected chi connectivity index (χ0v) is 11.1. The molecule has 2 aromatic rings. The number of fused-ring (bicyclic) bond motifs is 1. The summed E-state index contributed by atoms with van der Waals surface area (Å²) in [6.07, 6.45) is 8.33. The van der Waals surface area contributed by atoms with E-state index in [0.717, 1.165) is 18.7 Å². The van der Waals surface area contributed by atoms with Crippen LogP contribution in [-0.4, -0.2) is 26.0 Å². The van der Waals surface area contributed by atoms with Gasteiger partial charge in [0.2, 0.25) is 0 Å². The highest BCUT2D eigenvalue weighted by Crippen LogP contribution is 2.13. The van der Waals surface area contributed by atoms with Gasteiger partial charge in [0, 0.05) is 12.6 Å². The highest BCUT2D eigenvalue weighted by molar-refractivity contribution is 5.90. The standard InChI is InChI=1S/C14H19N3O2/c1-2-3-4-5-6-7-12-16-11-8-10(14(18)19)9-15-13(11)17-12/h8-9H,2-7H2,1H3,(H,18,19)(H,15,16,17). The minimum atomic E-state index is -0.967. The van der Waals surface area contributed by atoms with Crippen molar-refractivity contribution in [1.29, 1.82) is 0 Å². The highest BCUT2D eigenvalue weighted by Gasteiger charge is 2.08. The molecule has 0 aliphatic rings. The predicted molar refractivity (Wildman–Crippen MR) is 73.3 cm³/mol. The first kappa shape index (κ1) is 13.5. The predicted octanol–water partition coefficient (Wildman–Crippen LogP) is 3.17. The number of H-pyrrole nitrogens is 1. The van der Waals surface area contributed by atoms with E-state index in [1.54, 1.807) is 6.07 Å². The van der Waals surface area contributed by atoms with Crippen LogP contribution in [-0.2, 0) is 6.42 Å². The summed E-state index contributed by atoms with van der Waals surface area (Å²) < 4.78 is 0. The normalized spacial score (nSPS) is 11.0. The minimum Gasteiger partial charge on any atom is -0.478 e. The van der Waals surface area contributed by atoms with Crippen LogP contribution in [0.1, 0.15) is 55.2 Å². The van der Waals surface area contributed by atoms with E-state index in [2.05, 4.69) is 21.9 Å². The van der Waals surface area contributed by atoms with Crippen LogP contribution in [0.25, 0.3) is 11.2 Å². The second-order valence-corrected chi connectivity index (χ2v) is 4.75. The lowest BCUT2D eigenvalue weighted by Crippen LogP contribution is -1.96. The summed E-state index contributed by atoms with van der Waals surface area (Å²) in [6, 6.07) is 1.58. The van der Waals surface area contributed by atoms with Gasteiger partial charge in [-0.15, -0.1) is 0 Å². The fourth-order valence-electron chi connectivity index (χ4n) is 2.08. The van der Waals surface area contributed by atoms with Crippen LogP contribution in [0, 0.1) is 0 Å². The molecule has 2 aromatic heterocycles. The van der Waals surface area contributed by atoms with Gasteiger partial charge in [0.25, 0.3) is 0 Å². The number of hydrogen-bond donors (Lipinski definition) is 2. The molecule has 102 valence electrons. The zero-order chi connectivity index (χ0) is 13.7. The molecule has 0 fully saturated rings. The molecule has 2 rings (SSSR count). The van der Waals surface area contributed by atoms with E-state index in [9.17, 15) is 4.79 Å². The Morgan fingerprint density at radius 2 is 2.11 bits per heavy atom. The number of carboxylic acids is 1. The molecule has 0 saturated heterocycles. The number of nitrogens with one attached hydrogen (secondary N) is 1. The van der Waals surface area contributed by atoms with Crippen molar-refractivity contribution in [2.45, 2.75) is 45.4 Å². The second kappa shape index (κ2) is 6.31. The van der Waals surface area contributed by atoms with Gasteiger partial charge in [-0.2, -0.15) is 0 Å². The summed E-state index contributed by atoms with van der Waals surface area (Å²) in [4.78, 5) is 22.4. The topological polar surface area (TPSA) is 78.9 Å². The van der Waals surface area contributed by atoms with Crippen LogP contribution in [0.2, 0.25) is 0 Å². The number of imidazole rings is 1. The zero-order valence-electron chi connectivity index (χ0n) is 11.1. The summed E-state index contributed by atoms with van der Waals surface area (Å²) in [7, 11) is 0. The minimum absolute atomic E-state index is 0.186. The van der Waals surface area contributed by atoms with Crippen LogP contribution in [0.4, 0.5) is 0 Å². The summed E-state index contributed by atoms with van der Waals surface area (Å²) >= 11 is 0. The molecule has 0 radical (unpaired) electrons. The van der Waals surface area contributed by atoms with Crippen molar-refractivity contribution in [2.24, 2.45) is 0 Å². The van der Waals surface area contributed by atoms with E-state index in [1.165, 1.54) is 31.9 Å². The van der Waals surface area contributed by atoms with Gasteiger partial charge in [0.1, 0.15) is 5.82 Å². The second-order valence-electron chi connectivity index (χ2n) is 4.75. The number of aryl methyl sites for hydroxylation is 1. The number of rotatable bonds is 7. The van der Waals surface area contributed by atoms with Crippen molar-refractivity contribution in [1.82, 2.24) is 15.0 Å². The maximum absolute atomic E-state index is 10.8. The molecule has 0 aromatic carbocycles. The van der Waals surface area contributed by atoms with E-state index in [4.69, 9.17) is 5.11 Å². The van der Waals surface area contributed by atoms with Gasteiger partial charge in [-0.1, -0.05) is 32.6 Å². The van der Waals surface area contributed by atoms with E-state index in [1.807, 2.05) is 0 Å². The van der Waals surface area contributed by atoms with Crippen LogP contribution < -0.4 is 0 Å². The fraction of sp³-hybridized carbons (Fsp3) is 0.500. The molecule has 0 bridgehead atoms. The first-order chi connectivity index (χ1) is 9.20. The van der Waals surface area contributed by atoms with Crippen molar-refractivity contribution in [3.8, 4) is 0 Å². The smallest absolute Gasteiger partial charge is 0.337 e. The lowest BCUT2D eigenvalue weighted by Gasteiger charge is -1.97. The molecule has 0 amide bonds. The molecule has 0 aliphatic heterocycles. The molecule has 0 spiro atoms. The monoisotopic (exact) mass is 261 g/mol. The maximum atomic E-state index is 10.8. The number of unbranched alkanes of at least 4 members (excludes halogenated alkanes) is 4. The molecule has 0 unspecified atom stereocenters. The number of aromatic carboxylic acids is 1. The number of aromatic nitrogens is 3. The van der Waals surface area contributed by atoms with Crippen LogP contribution in [0.3, 0.4) is 0 Å². The molecule has 5 heteroatoms. The molecule has 2 N–H and O–H groups in total. The number of nitrogens with zero attached hydrogens (tertiary/aromatic N) is 2. The molecule has 2 heterocycles. The van der Waals surface area contributed by atoms with Gasteiger partial charge >= 0.3 is 5.97 Å². The first-order valence-corrected chi connectivity index (χ1v) is 6.78. The Hall–Kier alpha value is -1.91. The summed E-state index contributed by atoms with van der Waals surface area (Å²) in [5, 5.41) is 8.90. The number of hydrogen-bond acceptors (Lipinski definition) is 3. The molecular weight excluding hydrogens is 242 g/mol. The lowest BCUT2D eigenvalue weighted by atomic mass is 10.1. The van der Waals surface area contributed by atoms with Gasteiger partial charge in [-0.3, -0.25) is 0 Å². The number of carboxylic acid groups (broad SMARTS) is 1. The maximum Gasteiger partial charge on any atom is 0.337 e. The average Bonchev–Trinajstić information content (AvgIpc) is 2.80. The summed E-state index contributed by atoms with van der Waals surface area (Å²) in [5.41, 5.74) is 1.47. The summed E-state index contributed by atoms with van der Waals surface area (Å²) in [5.74, 6) is -0.0772. The van der Waals surface area contributed by atoms with Crippen LogP contribution in [0.5, 0.6) is 0 Å². The molecule has 0 saturated carbocycles. The highest BCUT2D eigenvalue weighted by atomic mass is 16.4. The quantitative estimate of drug-likeness (QED) is 0.750. The molecular formula is C14H19N3O2. The molecule has 19 heavy (non-hydrogen) atoms. The number of carbonyl (C=O) groups is 1. The Labute approximate surface area is 112 Å². The third-order valence-electron chi connectivity index (χ3n) is 3.15. The van der Waals surface area contributed by atoms with Gasteiger partial charge in [0.15, 0.2) is 5.65 Å². The Bertz CT molecular complexity index is 563. The molecule has 5 nitrogen and oxygen atoms in total. The van der Waals surface area contributed by atoms with Gasteiger partial charge in [0.05, 0.1) is 11.1 Å². The van der Waals surface area contributed by atoms with Gasteiger partial charge in [-0.05, 0) is 12.5 Å².